The van der Waals surface area contributed by atoms with Crippen LogP contribution in [-0.4, -0.2) is 55.7 Å². The number of thiol groups is 1. The van der Waals surface area contributed by atoms with E-state index in [0.29, 0.717) is 0 Å². The van der Waals surface area contributed by atoms with Gasteiger partial charge in [-0.05, 0) is 24.0 Å². The maximum Gasteiger partial charge on any atom is 0.0589 e. The maximum absolute atomic E-state index is 9.05. The van der Waals surface area contributed by atoms with Crippen molar-refractivity contribution in [1.82, 2.24) is 4.90 Å². The van der Waals surface area contributed by atoms with Crippen LogP contribution >= 0.6 is 12.6 Å². The van der Waals surface area contributed by atoms with Crippen molar-refractivity contribution in [2.75, 3.05) is 45.7 Å². The van der Waals surface area contributed by atoms with E-state index in [-0.39, 0.29) is 12.0 Å². The molecule has 0 atom stereocenters. The van der Waals surface area contributed by atoms with Crippen LogP contribution in [0.2, 0.25) is 0 Å². The molecule has 0 unspecified atom stereocenters. The highest BCUT2D eigenvalue weighted by Gasteiger charge is 2.26. The van der Waals surface area contributed by atoms with Gasteiger partial charge in [0.2, 0.25) is 0 Å². The smallest absolute Gasteiger partial charge is 0.0589 e. The fraction of sp³-hybridized carbons (Fsp3) is 1.00. The number of hydrogen-bond acceptors (Lipinski definition) is 4. The molecule has 0 saturated carbocycles. The number of ether oxygens (including phenoxy) is 1. The second kappa shape index (κ2) is 9.28. The zero-order valence-corrected chi connectivity index (χ0v) is 11.8. The number of rotatable bonds is 10. The van der Waals surface area contributed by atoms with E-state index in [1.54, 1.807) is 7.11 Å². The van der Waals surface area contributed by atoms with Gasteiger partial charge < -0.3 is 9.84 Å². The summed E-state index contributed by atoms with van der Waals surface area (Å²) in [6.07, 6.45) is 2.25. The van der Waals surface area contributed by atoms with Crippen molar-refractivity contribution in [2.45, 2.75) is 26.7 Å². The van der Waals surface area contributed by atoms with Crippen LogP contribution in [0, 0.1) is 5.41 Å². The average molecular weight is 249 g/mol. The first-order chi connectivity index (χ1) is 7.67. The standard InChI is InChI=1S/C12H27NO2S/c1-4-12(5-2,11-16)10-13(6-8-14)7-9-15-3/h14,16H,4-11H2,1-3H3. The molecule has 0 heterocycles. The third-order valence-corrected chi connectivity index (χ3v) is 4.09. The maximum atomic E-state index is 9.05. The van der Waals surface area contributed by atoms with Crippen molar-refractivity contribution in [3.63, 3.8) is 0 Å². The molecule has 0 fully saturated rings. The molecule has 0 aliphatic rings. The summed E-state index contributed by atoms with van der Waals surface area (Å²) in [6.45, 7) is 7.95. The predicted octanol–water partition coefficient (Wildman–Crippen LogP) is 1.66. The second-order valence-electron chi connectivity index (χ2n) is 4.36. The fourth-order valence-electron chi connectivity index (χ4n) is 1.85. The normalized spacial score (nSPS) is 12.4. The van der Waals surface area contributed by atoms with Gasteiger partial charge in [0.25, 0.3) is 0 Å². The van der Waals surface area contributed by atoms with Gasteiger partial charge in [0.05, 0.1) is 13.2 Å². The molecule has 3 nitrogen and oxygen atoms in total. The Morgan fingerprint density at radius 2 is 1.88 bits per heavy atom. The molecule has 4 heteroatoms. The molecule has 0 aliphatic carbocycles. The lowest BCUT2D eigenvalue weighted by Crippen LogP contribution is -2.41. The van der Waals surface area contributed by atoms with Gasteiger partial charge in [-0.1, -0.05) is 13.8 Å². The lowest BCUT2D eigenvalue weighted by atomic mass is 9.84. The van der Waals surface area contributed by atoms with Gasteiger partial charge in [0, 0.05) is 26.7 Å². The largest absolute Gasteiger partial charge is 0.395 e. The summed E-state index contributed by atoms with van der Waals surface area (Å²) in [7, 11) is 1.71. The van der Waals surface area contributed by atoms with E-state index < -0.39 is 0 Å². The summed E-state index contributed by atoms with van der Waals surface area (Å²) in [5.41, 5.74) is 0.270. The van der Waals surface area contributed by atoms with Crippen molar-refractivity contribution in [2.24, 2.45) is 5.41 Å². The van der Waals surface area contributed by atoms with Crippen LogP contribution in [0.15, 0.2) is 0 Å². The molecule has 0 radical (unpaired) electrons. The Balaban J connectivity index is 4.31. The molecule has 0 aromatic carbocycles. The summed E-state index contributed by atoms with van der Waals surface area (Å²) in [5.74, 6) is 0.898. The van der Waals surface area contributed by atoms with E-state index in [4.69, 9.17) is 9.84 Å². The first kappa shape index (κ1) is 16.2. The number of aliphatic hydroxyl groups excluding tert-OH is 1. The number of hydrogen-bond donors (Lipinski definition) is 2. The highest BCUT2D eigenvalue weighted by atomic mass is 32.1. The van der Waals surface area contributed by atoms with Gasteiger partial charge in [-0.15, -0.1) is 0 Å². The first-order valence-electron chi connectivity index (χ1n) is 6.11. The van der Waals surface area contributed by atoms with E-state index in [2.05, 4.69) is 31.4 Å². The van der Waals surface area contributed by atoms with E-state index in [0.717, 1.165) is 44.8 Å². The average Bonchev–Trinajstić information content (AvgIpc) is 2.33. The van der Waals surface area contributed by atoms with Crippen molar-refractivity contribution in [1.29, 1.82) is 0 Å². The van der Waals surface area contributed by atoms with Gasteiger partial charge in [0.1, 0.15) is 0 Å². The zero-order valence-electron chi connectivity index (χ0n) is 10.9. The molecule has 0 spiro atoms. The van der Waals surface area contributed by atoms with Crippen LogP contribution in [0.3, 0.4) is 0 Å². The van der Waals surface area contributed by atoms with Gasteiger partial charge in [-0.25, -0.2) is 0 Å². The zero-order chi connectivity index (χ0) is 12.4. The minimum Gasteiger partial charge on any atom is -0.395 e. The molecule has 0 bridgehead atoms. The second-order valence-corrected chi connectivity index (χ2v) is 4.67. The number of nitrogens with zero attached hydrogens (tertiary/aromatic N) is 1. The van der Waals surface area contributed by atoms with Crippen LogP contribution in [0.5, 0.6) is 0 Å². The number of aliphatic hydroxyl groups is 1. The van der Waals surface area contributed by atoms with Crippen molar-refractivity contribution >= 4 is 12.6 Å². The van der Waals surface area contributed by atoms with Gasteiger partial charge in [-0.2, -0.15) is 12.6 Å². The quantitative estimate of drug-likeness (QED) is 0.578. The van der Waals surface area contributed by atoms with E-state index in [9.17, 15) is 0 Å². The van der Waals surface area contributed by atoms with Gasteiger partial charge >= 0.3 is 0 Å². The summed E-state index contributed by atoms with van der Waals surface area (Å²) >= 11 is 4.47. The molecular formula is C12H27NO2S. The van der Waals surface area contributed by atoms with Crippen molar-refractivity contribution < 1.29 is 9.84 Å². The lowest BCUT2D eigenvalue weighted by Gasteiger charge is -2.36. The molecule has 16 heavy (non-hydrogen) atoms. The van der Waals surface area contributed by atoms with Gasteiger partial charge in [0.15, 0.2) is 0 Å². The molecule has 0 amide bonds. The Morgan fingerprint density at radius 3 is 2.25 bits per heavy atom. The molecule has 0 aliphatic heterocycles. The summed E-state index contributed by atoms with van der Waals surface area (Å²) < 4.78 is 5.09. The van der Waals surface area contributed by atoms with E-state index >= 15 is 0 Å². The van der Waals surface area contributed by atoms with Crippen molar-refractivity contribution in [3.8, 4) is 0 Å². The minimum atomic E-state index is 0.208. The van der Waals surface area contributed by atoms with Gasteiger partial charge in [-0.3, -0.25) is 4.90 Å². The van der Waals surface area contributed by atoms with E-state index in [1.165, 1.54) is 0 Å². The highest BCUT2D eigenvalue weighted by Crippen LogP contribution is 2.28. The van der Waals surface area contributed by atoms with Crippen molar-refractivity contribution in [3.05, 3.63) is 0 Å². The van der Waals surface area contributed by atoms with E-state index in [1.807, 2.05) is 0 Å². The summed E-state index contributed by atoms with van der Waals surface area (Å²) in [5, 5.41) is 9.05. The summed E-state index contributed by atoms with van der Waals surface area (Å²) in [6, 6.07) is 0. The molecule has 0 aromatic heterocycles. The monoisotopic (exact) mass is 249 g/mol. The summed E-state index contributed by atoms with van der Waals surface area (Å²) in [4.78, 5) is 2.27. The van der Waals surface area contributed by atoms with Crippen LogP contribution in [0.1, 0.15) is 26.7 Å². The van der Waals surface area contributed by atoms with Crippen LogP contribution < -0.4 is 0 Å². The molecule has 0 saturated heterocycles. The topological polar surface area (TPSA) is 32.7 Å². The predicted molar refractivity (Wildman–Crippen MR) is 72.3 cm³/mol. The van der Waals surface area contributed by atoms with Crippen LogP contribution in [-0.2, 0) is 4.74 Å². The molecule has 98 valence electrons. The molecule has 0 aromatic rings. The van der Waals surface area contributed by atoms with Crippen LogP contribution in [0.25, 0.3) is 0 Å². The molecular weight excluding hydrogens is 222 g/mol. The lowest BCUT2D eigenvalue weighted by molar-refractivity contribution is 0.0942. The fourth-order valence-corrected chi connectivity index (χ4v) is 2.40. The molecule has 0 rings (SSSR count). The minimum absolute atomic E-state index is 0.208. The third kappa shape index (κ3) is 5.53. The first-order valence-corrected chi connectivity index (χ1v) is 6.74. The Morgan fingerprint density at radius 1 is 1.25 bits per heavy atom. The Kier molecular flexibility index (Phi) is 9.41. The highest BCUT2D eigenvalue weighted by molar-refractivity contribution is 7.80. The SMILES string of the molecule is CCC(CC)(CS)CN(CCO)CCOC. The Bertz CT molecular complexity index is 155. The number of methoxy groups -OCH3 is 1. The Hall–Kier alpha value is 0.230. The Labute approximate surface area is 106 Å². The third-order valence-electron chi connectivity index (χ3n) is 3.42. The van der Waals surface area contributed by atoms with Crippen LogP contribution in [0.4, 0.5) is 0 Å². The molecule has 1 N–H and O–H groups in total.